The molecule has 2 rings (SSSR count). The fourth-order valence-electron chi connectivity index (χ4n) is 2.02. The fourth-order valence-corrected chi connectivity index (χ4v) is 2.02. The summed E-state index contributed by atoms with van der Waals surface area (Å²) in [5.41, 5.74) is 7.30. The molecule has 2 atom stereocenters. The molecule has 0 radical (unpaired) electrons. The number of hydrogen-bond acceptors (Lipinski definition) is 3. The summed E-state index contributed by atoms with van der Waals surface area (Å²) in [6, 6.07) is 0.259. The molecule has 5 heteroatoms. The molecule has 1 aliphatic rings. The molecule has 14 heavy (non-hydrogen) atoms. The summed E-state index contributed by atoms with van der Waals surface area (Å²) in [4.78, 5) is 2.27. The molecule has 0 aliphatic carbocycles. The van der Waals surface area contributed by atoms with Gasteiger partial charge in [0.1, 0.15) is 0 Å². The van der Waals surface area contributed by atoms with Crippen LogP contribution in [0.25, 0.3) is 0 Å². The summed E-state index contributed by atoms with van der Waals surface area (Å²) in [5.74, 6) is 0.457. The quantitative estimate of drug-likeness (QED) is 0.730. The number of likely N-dealkylation sites (tertiary alicyclic amines) is 1. The molecular formula is C9H17ClN4. The lowest BCUT2D eigenvalue weighted by molar-refractivity contribution is 0.407. The average molecular weight is 217 g/mol. The summed E-state index contributed by atoms with van der Waals surface area (Å²) in [5, 5.41) is 4.16. The molecule has 0 saturated carbocycles. The van der Waals surface area contributed by atoms with Gasteiger partial charge in [0.05, 0.1) is 6.20 Å². The number of aryl methyl sites for hydroxylation is 1. The van der Waals surface area contributed by atoms with Gasteiger partial charge >= 0.3 is 0 Å². The van der Waals surface area contributed by atoms with E-state index in [0.29, 0.717) is 5.92 Å². The van der Waals surface area contributed by atoms with E-state index < -0.39 is 0 Å². The largest absolute Gasteiger partial charge is 0.326 e. The summed E-state index contributed by atoms with van der Waals surface area (Å²) in [7, 11) is 4.05. The van der Waals surface area contributed by atoms with Crippen molar-refractivity contribution in [2.45, 2.75) is 12.0 Å². The van der Waals surface area contributed by atoms with Crippen LogP contribution in [-0.4, -0.2) is 40.9 Å². The van der Waals surface area contributed by atoms with Crippen molar-refractivity contribution >= 4 is 12.4 Å². The van der Waals surface area contributed by atoms with Crippen LogP contribution in [0.4, 0.5) is 0 Å². The summed E-state index contributed by atoms with van der Waals surface area (Å²) < 4.78 is 1.83. The Balaban J connectivity index is 0.000000980. The van der Waals surface area contributed by atoms with Gasteiger partial charge in [0.15, 0.2) is 0 Å². The van der Waals surface area contributed by atoms with E-state index >= 15 is 0 Å². The highest BCUT2D eigenvalue weighted by Gasteiger charge is 2.29. The van der Waals surface area contributed by atoms with Crippen LogP contribution < -0.4 is 5.73 Å². The molecule has 1 aliphatic heterocycles. The second kappa shape index (κ2) is 4.29. The van der Waals surface area contributed by atoms with E-state index in [0.717, 1.165) is 13.1 Å². The fraction of sp³-hybridized carbons (Fsp3) is 0.667. The van der Waals surface area contributed by atoms with Crippen LogP contribution in [-0.2, 0) is 7.05 Å². The van der Waals surface area contributed by atoms with Crippen molar-refractivity contribution in [3.8, 4) is 0 Å². The highest BCUT2D eigenvalue weighted by molar-refractivity contribution is 5.85. The van der Waals surface area contributed by atoms with Gasteiger partial charge in [-0.25, -0.2) is 0 Å². The normalized spacial score (nSPS) is 27.6. The standard InChI is InChI=1S/C9H16N4.ClH/c1-12-5-8(9(10)6-12)7-3-11-13(2)4-7;/h3-4,8-9H,5-6,10H2,1-2H3;1H. The SMILES string of the molecule is CN1CC(N)C(c2cnn(C)c2)C1.Cl. The highest BCUT2D eigenvalue weighted by atomic mass is 35.5. The van der Waals surface area contributed by atoms with Crippen molar-refractivity contribution in [1.82, 2.24) is 14.7 Å². The second-order valence-corrected chi connectivity index (χ2v) is 3.94. The van der Waals surface area contributed by atoms with E-state index in [1.54, 1.807) is 0 Å². The van der Waals surface area contributed by atoms with Gasteiger partial charge in [0.2, 0.25) is 0 Å². The second-order valence-electron chi connectivity index (χ2n) is 3.94. The Morgan fingerprint density at radius 2 is 2.14 bits per heavy atom. The minimum absolute atomic E-state index is 0. The summed E-state index contributed by atoms with van der Waals surface area (Å²) in [6.07, 6.45) is 3.98. The van der Waals surface area contributed by atoms with E-state index in [-0.39, 0.29) is 18.4 Å². The van der Waals surface area contributed by atoms with Crippen LogP contribution in [0, 0.1) is 0 Å². The third-order valence-electron chi connectivity index (χ3n) is 2.70. The van der Waals surface area contributed by atoms with E-state index in [1.807, 2.05) is 17.9 Å². The monoisotopic (exact) mass is 216 g/mol. The number of nitrogens with two attached hydrogens (primary N) is 1. The van der Waals surface area contributed by atoms with Gasteiger partial charge in [0, 0.05) is 38.3 Å². The zero-order chi connectivity index (χ0) is 9.42. The molecule has 0 aromatic carbocycles. The smallest absolute Gasteiger partial charge is 0.0525 e. The third-order valence-corrected chi connectivity index (χ3v) is 2.70. The van der Waals surface area contributed by atoms with Gasteiger partial charge in [-0.05, 0) is 12.6 Å². The maximum Gasteiger partial charge on any atom is 0.0525 e. The minimum atomic E-state index is 0. The zero-order valence-corrected chi connectivity index (χ0v) is 9.37. The van der Waals surface area contributed by atoms with Crippen LogP contribution in [0.15, 0.2) is 12.4 Å². The molecule has 0 bridgehead atoms. The number of aromatic nitrogens is 2. The molecule has 1 fully saturated rings. The van der Waals surface area contributed by atoms with Gasteiger partial charge in [0.25, 0.3) is 0 Å². The minimum Gasteiger partial charge on any atom is -0.326 e. The van der Waals surface area contributed by atoms with Crippen molar-refractivity contribution in [1.29, 1.82) is 0 Å². The maximum atomic E-state index is 6.03. The lowest BCUT2D eigenvalue weighted by Crippen LogP contribution is -2.27. The maximum absolute atomic E-state index is 6.03. The first-order valence-corrected chi connectivity index (χ1v) is 4.59. The summed E-state index contributed by atoms with van der Waals surface area (Å²) >= 11 is 0. The van der Waals surface area contributed by atoms with Crippen LogP contribution in [0.1, 0.15) is 11.5 Å². The Hall–Kier alpha value is -0.580. The van der Waals surface area contributed by atoms with Crippen molar-refractivity contribution in [2.75, 3.05) is 20.1 Å². The van der Waals surface area contributed by atoms with Gasteiger partial charge in [-0.3, -0.25) is 4.68 Å². The average Bonchev–Trinajstić information content (AvgIpc) is 2.58. The van der Waals surface area contributed by atoms with E-state index in [1.165, 1.54) is 5.56 Å². The molecule has 2 heterocycles. The Morgan fingerprint density at radius 3 is 2.57 bits per heavy atom. The number of hydrogen-bond donors (Lipinski definition) is 1. The Morgan fingerprint density at radius 1 is 1.43 bits per heavy atom. The van der Waals surface area contributed by atoms with Gasteiger partial charge in [-0.2, -0.15) is 5.10 Å². The molecule has 80 valence electrons. The molecule has 4 nitrogen and oxygen atoms in total. The van der Waals surface area contributed by atoms with Crippen LogP contribution >= 0.6 is 12.4 Å². The Bertz CT molecular complexity index is 299. The first-order chi connectivity index (χ1) is 6.16. The number of nitrogens with zero attached hydrogens (tertiary/aromatic N) is 3. The first kappa shape index (κ1) is 11.5. The number of rotatable bonds is 1. The topological polar surface area (TPSA) is 47.1 Å². The van der Waals surface area contributed by atoms with Crippen LogP contribution in [0.2, 0.25) is 0 Å². The van der Waals surface area contributed by atoms with Gasteiger partial charge in [-0.15, -0.1) is 12.4 Å². The van der Waals surface area contributed by atoms with Crippen molar-refractivity contribution in [3.05, 3.63) is 18.0 Å². The van der Waals surface area contributed by atoms with E-state index in [2.05, 4.69) is 23.2 Å². The molecular weight excluding hydrogens is 200 g/mol. The molecule has 2 unspecified atom stereocenters. The van der Waals surface area contributed by atoms with Gasteiger partial charge < -0.3 is 10.6 Å². The lowest BCUT2D eigenvalue weighted by atomic mass is 9.98. The van der Waals surface area contributed by atoms with Crippen LogP contribution in [0.5, 0.6) is 0 Å². The molecule has 0 spiro atoms. The van der Waals surface area contributed by atoms with Crippen molar-refractivity contribution < 1.29 is 0 Å². The van der Waals surface area contributed by atoms with E-state index in [4.69, 9.17) is 5.73 Å². The molecule has 0 amide bonds. The molecule has 1 aromatic rings. The molecule has 1 saturated heterocycles. The first-order valence-electron chi connectivity index (χ1n) is 4.59. The number of halogens is 1. The Kier molecular flexibility index (Phi) is 3.53. The summed E-state index contributed by atoms with van der Waals surface area (Å²) in [6.45, 7) is 2.03. The zero-order valence-electron chi connectivity index (χ0n) is 8.55. The predicted molar refractivity (Wildman–Crippen MR) is 58.7 cm³/mol. The predicted octanol–water partition coefficient (Wildman–Crippen LogP) is 0.198. The highest BCUT2D eigenvalue weighted by Crippen LogP contribution is 2.24. The van der Waals surface area contributed by atoms with Crippen LogP contribution in [0.3, 0.4) is 0 Å². The molecule has 1 aromatic heterocycles. The third kappa shape index (κ3) is 2.08. The lowest BCUT2D eigenvalue weighted by Gasteiger charge is -2.10. The van der Waals surface area contributed by atoms with Crippen molar-refractivity contribution in [3.63, 3.8) is 0 Å². The van der Waals surface area contributed by atoms with Crippen molar-refractivity contribution in [2.24, 2.45) is 12.8 Å². The Labute approximate surface area is 90.5 Å². The number of likely N-dealkylation sites (N-methyl/N-ethyl adjacent to an activating group) is 1. The van der Waals surface area contributed by atoms with Gasteiger partial charge in [-0.1, -0.05) is 0 Å². The van der Waals surface area contributed by atoms with E-state index in [9.17, 15) is 0 Å². The molecule has 2 N–H and O–H groups in total.